The maximum atomic E-state index is 13.3. The molecule has 29 heavy (non-hydrogen) atoms. The first-order valence-corrected chi connectivity index (χ1v) is 11.0. The van der Waals surface area contributed by atoms with Gasteiger partial charge >= 0.3 is 6.01 Å². The van der Waals surface area contributed by atoms with Crippen molar-refractivity contribution in [3.8, 4) is 11.9 Å². The van der Waals surface area contributed by atoms with Gasteiger partial charge in [-0.05, 0) is 44.7 Å². The zero-order valence-electron chi connectivity index (χ0n) is 16.7. The normalized spacial score (nSPS) is 27.0. The Morgan fingerprint density at radius 3 is 2.28 bits per heavy atom. The number of ether oxygens (including phenoxy) is 2. The van der Waals surface area contributed by atoms with Crippen LogP contribution in [0.15, 0.2) is 35.4 Å². The molecule has 0 aliphatic carbocycles. The first-order valence-electron chi connectivity index (χ1n) is 9.56. The third-order valence-corrected chi connectivity index (χ3v) is 7.92. The summed E-state index contributed by atoms with van der Waals surface area (Å²) in [5.74, 6) is 0.244. The second-order valence-corrected chi connectivity index (χ2v) is 9.60. The molecule has 3 atom stereocenters. The van der Waals surface area contributed by atoms with Gasteiger partial charge in [-0.15, -0.1) is 0 Å². The number of hydrogen-bond donors (Lipinski definition) is 1. The molecule has 2 aromatic rings. The molecule has 2 bridgehead atoms. The van der Waals surface area contributed by atoms with Crippen LogP contribution in [-0.2, 0) is 15.6 Å². The average molecular weight is 420 g/mol. The van der Waals surface area contributed by atoms with Gasteiger partial charge in [-0.3, -0.25) is 0 Å². The lowest BCUT2D eigenvalue weighted by Crippen LogP contribution is -2.52. The Morgan fingerprint density at radius 2 is 1.72 bits per heavy atom. The Hall–Kier alpha value is -2.23. The Labute approximate surface area is 170 Å². The van der Waals surface area contributed by atoms with Gasteiger partial charge < -0.3 is 14.6 Å². The van der Waals surface area contributed by atoms with Crippen molar-refractivity contribution >= 4 is 10.0 Å². The van der Waals surface area contributed by atoms with Crippen LogP contribution in [0.25, 0.3) is 0 Å². The lowest BCUT2D eigenvalue weighted by Gasteiger charge is -2.43. The monoisotopic (exact) mass is 419 g/mol. The number of methoxy groups -OCH3 is 2. The predicted molar refractivity (Wildman–Crippen MR) is 105 cm³/mol. The second-order valence-electron chi connectivity index (χ2n) is 7.75. The van der Waals surface area contributed by atoms with Crippen molar-refractivity contribution < 1.29 is 23.0 Å². The smallest absolute Gasteiger partial charge is 0.319 e. The van der Waals surface area contributed by atoms with Crippen LogP contribution >= 0.6 is 0 Å². The third kappa shape index (κ3) is 3.37. The van der Waals surface area contributed by atoms with Crippen LogP contribution < -0.4 is 9.47 Å². The Kier molecular flexibility index (Phi) is 5.00. The number of hydrogen-bond acceptors (Lipinski definition) is 7. The Morgan fingerprint density at radius 1 is 1.10 bits per heavy atom. The summed E-state index contributed by atoms with van der Waals surface area (Å²) in [5, 5.41) is 11.5. The van der Waals surface area contributed by atoms with Crippen molar-refractivity contribution in [1.82, 2.24) is 14.3 Å². The molecule has 156 valence electrons. The number of nitrogens with zero attached hydrogens (tertiary/aromatic N) is 3. The molecule has 2 aliphatic heterocycles. The number of sulfonamides is 1. The predicted octanol–water partition coefficient (Wildman–Crippen LogP) is 2.01. The summed E-state index contributed by atoms with van der Waals surface area (Å²) in [4.78, 5) is 8.58. The largest absolute Gasteiger partial charge is 0.481 e. The van der Waals surface area contributed by atoms with Gasteiger partial charge in [-0.2, -0.15) is 9.29 Å². The fourth-order valence-corrected chi connectivity index (χ4v) is 6.42. The summed E-state index contributed by atoms with van der Waals surface area (Å²) in [7, 11) is -0.705. The van der Waals surface area contributed by atoms with Gasteiger partial charge in [0.15, 0.2) is 0 Å². The van der Waals surface area contributed by atoms with Gasteiger partial charge in [0.25, 0.3) is 0 Å². The third-order valence-electron chi connectivity index (χ3n) is 5.90. The van der Waals surface area contributed by atoms with E-state index in [1.807, 2.05) is 6.92 Å². The molecule has 2 saturated heterocycles. The molecule has 0 amide bonds. The number of rotatable bonds is 5. The molecule has 0 saturated carbocycles. The van der Waals surface area contributed by atoms with Crippen LogP contribution in [0.5, 0.6) is 11.9 Å². The summed E-state index contributed by atoms with van der Waals surface area (Å²) in [5.41, 5.74) is 0.208. The fraction of sp³-hybridized carbons (Fsp3) is 0.500. The van der Waals surface area contributed by atoms with Crippen LogP contribution in [0.3, 0.4) is 0 Å². The van der Waals surface area contributed by atoms with Gasteiger partial charge in [0.2, 0.25) is 15.9 Å². The summed E-state index contributed by atoms with van der Waals surface area (Å²) >= 11 is 0. The first kappa shape index (κ1) is 20.1. The number of aryl methyl sites for hydroxylation is 1. The van der Waals surface area contributed by atoms with Crippen molar-refractivity contribution in [2.75, 3.05) is 14.2 Å². The van der Waals surface area contributed by atoms with E-state index in [1.54, 1.807) is 28.6 Å². The molecule has 9 heteroatoms. The standard InChI is InChI=1S/C20H25N3O5S/c1-13-4-8-16(9-5-13)29(25,26)23-14-6-7-15(23)11-20(24,10-14)17-12-21-19(28-3)22-18(17)27-2/h4-5,8-9,12,14-15,24H,6-7,10-11H2,1-3H3/t14-,15+,20?. The molecule has 2 aliphatic rings. The highest BCUT2D eigenvalue weighted by molar-refractivity contribution is 7.89. The molecular weight excluding hydrogens is 394 g/mol. The average Bonchev–Trinajstić information content (AvgIpc) is 3.01. The summed E-state index contributed by atoms with van der Waals surface area (Å²) < 4.78 is 38.6. The highest BCUT2D eigenvalue weighted by atomic mass is 32.2. The van der Waals surface area contributed by atoms with Crippen molar-refractivity contribution in [1.29, 1.82) is 0 Å². The molecule has 8 nitrogen and oxygen atoms in total. The molecule has 0 spiro atoms. The highest BCUT2D eigenvalue weighted by Crippen LogP contribution is 2.49. The lowest BCUT2D eigenvalue weighted by molar-refractivity contribution is -0.0362. The Balaban J connectivity index is 1.66. The van der Waals surface area contributed by atoms with Crippen LogP contribution in [0, 0.1) is 6.92 Å². The summed E-state index contributed by atoms with van der Waals surface area (Å²) in [6.45, 7) is 1.92. The Bertz CT molecular complexity index is 995. The van der Waals surface area contributed by atoms with E-state index in [4.69, 9.17) is 9.47 Å². The van der Waals surface area contributed by atoms with Gasteiger partial charge in [0.05, 0.1) is 30.3 Å². The van der Waals surface area contributed by atoms with E-state index in [9.17, 15) is 13.5 Å². The van der Waals surface area contributed by atoms with Crippen molar-refractivity contribution in [2.24, 2.45) is 0 Å². The molecule has 0 radical (unpaired) electrons. The zero-order valence-corrected chi connectivity index (χ0v) is 17.5. The minimum atomic E-state index is -3.63. The zero-order chi connectivity index (χ0) is 20.8. The van der Waals surface area contributed by atoms with E-state index in [1.165, 1.54) is 20.4 Å². The van der Waals surface area contributed by atoms with E-state index >= 15 is 0 Å². The number of aromatic nitrogens is 2. The molecule has 1 unspecified atom stereocenters. The van der Waals surface area contributed by atoms with E-state index in [0.717, 1.165) is 5.56 Å². The number of benzene rings is 1. The van der Waals surface area contributed by atoms with E-state index in [-0.39, 0.29) is 41.7 Å². The van der Waals surface area contributed by atoms with Gasteiger partial charge in [0, 0.05) is 18.3 Å². The van der Waals surface area contributed by atoms with Crippen molar-refractivity contribution in [3.63, 3.8) is 0 Å². The first-order chi connectivity index (χ1) is 13.8. The van der Waals surface area contributed by atoms with Gasteiger partial charge in [-0.25, -0.2) is 13.4 Å². The summed E-state index contributed by atoms with van der Waals surface area (Å²) in [6.07, 6.45) is 3.45. The highest BCUT2D eigenvalue weighted by Gasteiger charge is 2.53. The second kappa shape index (κ2) is 7.23. The molecule has 1 aromatic heterocycles. The molecule has 4 rings (SSSR count). The molecule has 1 N–H and O–H groups in total. The van der Waals surface area contributed by atoms with Gasteiger partial charge in [-0.1, -0.05) is 17.7 Å². The van der Waals surface area contributed by atoms with Crippen LogP contribution in [0.1, 0.15) is 36.8 Å². The summed E-state index contributed by atoms with van der Waals surface area (Å²) in [6, 6.07) is 6.45. The van der Waals surface area contributed by atoms with E-state index < -0.39 is 15.6 Å². The molecule has 2 fully saturated rings. The number of aliphatic hydroxyl groups is 1. The van der Waals surface area contributed by atoms with Crippen LogP contribution in [0.4, 0.5) is 0 Å². The maximum absolute atomic E-state index is 13.3. The van der Waals surface area contributed by atoms with Crippen molar-refractivity contribution in [2.45, 2.75) is 55.2 Å². The quantitative estimate of drug-likeness (QED) is 0.791. The topological polar surface area (TPSA) is 102 Å². The van der Waals surface area contributed by atoms with Crippen molar-refractivity contribution in [3.05, 3.63) is 41.6 Å². The molecular formula is C20H25N3O5S. The lowest BCUT2D eigenvalue weighted by atomic mass is 9.82. The SMILES string of the molecule is COc1ncc(C2(O)C[C@H]3CC[C@@H](C2)N3S(=O)(=O)c2ccc(C)cc2)c(OC)n1. The minimum absolute atomic E-state index is 0.150. The van der Waals surface area contributed by atoms with Crippen LogP contribution in [-0.4, -0.2) is 54.1 Å². The number of fused-ring (bicyclic) bond motifs is 2. The van der Waals surface area contributed by atoms with E-state index in [0.29, 0.717) is 18.4 Å². The minimum Gasteiger partial charge on any atom is -0.481 e. The van der Waals surface area contributed by atoms with Gasteiger partial charge in [0.1, 0.15) is 0 Å². The molecule has 1 aromatic carbocycles. The fourth-order valence-electron chi connectivity index (χ4n) is 4.55. The van der Waals surface area contributed by atoms with E-state index in [2.05, 4.69) is 9.97 Å². The maximum Gasteiger partial charge on any atom is 0.319 e. The van der Waals surface area contributed by atoms with Crippen LogP contribution in [0.2, 0.25) is 0 Å². The number of piperidine rings is 1. The molecule has 3 heterocycles.